The van der Waals surface area contributed by atoms with Crippen LogP contribution in [0.4, 0.5) is 28.7 Å². The Morgan fingerprint density at radius 2 is 1.88 bits per heavy atom. The van der Waals surface area contributed by atoms with Gasteiger partial charge in [0.25, 0.3) is 0 Å². The Labute approximate surface area is 146 Å². The number of nitrogens with zero attached hydrogens (tertiary/aromatic N) is 3. The summed E-state index contributed by atoms with van der Waals surface area (Å²) in [5.41, 5.74) is 10.2. The maximum atomic E-state index is 6.39. The molecule has 1 aliphatic rings. The standard InChI is InChI=1S/C19H19N5O/c1-25-16-9-5-3-7-14(16)23-18-17(20)19(22-12-21-18)24-11-10-13-6-2-4-8-15(13)24/h2-9,12H,10-11,20H2,1H3,(H,21,22,23). The predicted octanol–water partition coefficient (Wildman–Crippen LogP) is 3.51. The number of ether oxygens (including phenoxy) is 1. The van der Waals surface area contributed by atoms with Crippen LogP contribution in [0.2, 0.25) is 0 Å². The third-order valence-corrected chi connectivity index (χ3v) is 4.37. The van der Waals surface area contributed by atoms with Crippen LogP contribution in [0.3, 0.4) is 0 Å². The van der Waals surface area contributed by atoms with Gasteiger partial charge in [0.1, 0.15) is 17.8 Å². The van der Waals surface area contributed by atoms with Gasteiger partial charge in [-0.05, 0) is 30.2 Å². The van der Waals surface area contributed by atoms with Crippen molar-refractivity contribution in [3.05, 3.63) is 60.4 Å². The molecule has 0 atom stereocenters. The van der Waals surface area contributed by atoms with E-state index in [1.807, 2.05) is 30.3 Å². The molecule has 0 bridgehead atoms. The van der Waals surface area contributed by atoms with E-state index < -0.39 is 0 Å². The Morgan fingerprint density at radius 3 is 2.76 bits per heavy atom. The molecule has 2 heterocycles. The average Bonchev–Trinajstić information content (AvgIpc) is 3.08. The molecule has 3 aromatic rings. The molecule has 0 amide bonds. The van der Waals surface area contributed by atoms with E-state index >= 15 is 0 Å². The largest absolute Gasteiger partial charge is 0.495 e. The summed E-state index contributed by atoms with van der Waals surface area (Å²) in [6.07, 6.45) is 2.51. The summed E-state index contributed by atoms with van der Waals surface area (Å²) in [5, 5.41) is 3.25. The minimum Gasteiger partial charge on any atom is -0.495 e. The van der Waals surface area contributed by atoms with Crippen molar-refractivity contribution in [2.24, 2.45) is 0 Å². The first kappa shape index (κ1) is 15.3. The van der Waals surface area contributed by atoms with Crippen molar-refractivity contribution in [2.75, 3.05) is 29.6 Å². The molecular formula is C19H19N5O. The summed E-state index contributed by atoms with van der Waals surface area (Å²) in [6.45, 7) is 0.856. The lowest BCUT2D eigenvalue weighted by Gasteiger charge is -2.21. The number of hydrogen-bond acceptors (Lipinski definition) is 6. The lowest BCUT2D eigenvalue weighted by atomic mass is 10.2. The second-order valence-corrected chi connectivity index (χ2v) is 5.82. The number of nitrogens with two attached hydrogens (primary N) is 1. The summed E-state index contributed by atoms with van der Waals surface area (Å²) in [6, 6.07) is 16.0. The number of aromatic nitrogens is 2. The van der Waals surface area contributed by atoms with Gasteiger partial charge in [0, 0.05) is 12.2 Å². The minimum atomic E-state index is 0.519. The predicted molar refractivity (Wildman–Crippen MR) is 99.9 cm³/mol. The first-order valence-corrected chi connectivity index (χ1v) is 8.14. The molecule has 3 N–H and O–H groups in total. The fourth-order valence-electron chi connectivity index (χ4n) is 3.13. The van der Waals surface area contributed by atoms with Crippen LogP contribution >= 0.6 is 0 Å². The van der Waals surface area contributed by atoms with Crippen molar-refractivity contribution in [3.8, 4) is 5.75 Å². The van der Waals surface area contributed by atoms with Crippen molar-refractivity contribution in [2.45, 2.75) is 6.42 Å². The fraction of sp³-hybridized carbons (Fsp3) is 0.158. The monoisotopic (exact) mass is 333 g/mol. The van der Waals surface area contributed by atoms with Crippen LogP contribution in [-0.4, -0.2) is 23.6 Å². The molecule has 126 valence electrons. The highest BCUT2D eigenvalue weighted by molar-refractivity contribution is 5.83. The van der Waals surface area contributed by atoms with Crippen molar-refractivity contribution in [1.29, 1.82) is 0 Å². The highest BCUT2D eigenvalue weighted by Crippen LogP contribution is 2.38. The van der Waals surface area contributed by atoms with Crippen LogP contribution in [0, 0.1) is 0 Å². The maximum Gasteiger partial charge on any atom is 0.161 e. The maximum absolute atomic E-state index is 6.39. The second kappa shape index (κ2) is 6.32. The third kappa shape index (κ3) is 2.71. The van der Waals surface area contributed by atoms with Crippen LogP contribution < -0.4 is 20.7 Å². The van der Waals surface area contributed by atoms with Gasteiger partial charge in [0.05, 0.1) is 12.8 Å². The molecule has 6 nitrogen and oxygen atoms in total. The first-order valence-electron chi connectivity index (χ1n) is 8.14. The van der Waals surface area contributed by atoms with E-state index in [0.717, 1.165) is 35.9 Å². The van der Waals surface area contributed by atoms with Crippen LogP contribution in [0.5, 0.6) is 5.75 Å². The van der Waals surface area contributed by atoms with Gasteiger partial charge in [-0.15, -0.1) is 0 Å². The number of fused-ring (bicyclic) bond motifs is 1. The number of anilines is 5. The molecule has 0 saturated heterocycles. The number of benzene rings is 2. The summed E-state index contributed by atoms with van der Waals surface area (Å²) in [4.78, 5) is 10.9. The van der Waals surface area contributed by atoms with E-state index in [0.29, 0.717) is 11.5 Å². The molecule has 6 heteroatoms. The van der Waals surface area contributed by atoms with Gasteiger partial charge in [-0.3, -0.25) is 0 Å². The Balaban J connectivity index is 1.70. The molecule has 0 spiro atoms. The molecule has 0 fully saturated rings. The van der Waals surface area contributed by atoms with E-state index in [1.54, 1.807) is 7.11 Å². The minimum absolute atomic E-state index is 0.519. The number of rotatable bonds is 4. The van der Waals surface area contributed by atoms with Gasteiger partial charge in [-0.1, -0.05) is 30.3 Å². The molecule has 1 aliphatic heterocycles. The molecule has 25 heavy (non-hydrogen) atoms. The van der Waals surface area contributed by atoms with Gasteiger partial charge in [0.2, 0.25) is 0 Å². The normalized spacial score (nSPS) is 12.8. The topological polar surface area (TPSA) is 76.3 Å². The SMILES string of the molecule is COc1ccccc1Nc1ncnc(N2CCc3ccccc32)c1N. The number of methoxy groups -OCH3 is 1. The number of para-hydroxylation sites is 3. The molecule has 0 aliphatic carbocycles. The van der Waals surface area contributed by atoms with Crippen molar-refractivity contribution in [3.63, 3.8) is 0 Å². The van der Waals surface area contributed by atoms with Crippen LogP contribution in [0.25, 0.3) is 0 Å². The molecule has 0 unspecified atom stereocenters. The highest BCUT2D eigenvalue weighted by atomic mass is 16.5. The molecule has 0 saturated carbocycles. The van der Waals surface area contributed by atoms with E-state index in [2.05, 4.69) is 38.4 Å². The van der Waals surface area contributed by atoms with Gasteiger partial charge in [0.15, 0.2) is 11.6 Å². The number of hydrogen-bond donors (Lipinski definition) is 2. The third-order valence-electron chi connectivity index (χ3n) is 4.37. The van der Waals surface area contributed by atoms with Gasteiger partial charge >= 0.3 is 0 Å². The molecule has 4 rings (SSSR count). The van der Waals surface area contributed by atoms with Crippen molar-refractivity contribution in [1.82, 2.24) is 9.97 Å². The highest BCUT2D eigenvalue weighted by Gasteiger charge is 2.24. The summed E-state index contributed by atoms with van der Waals surface area (Å²) in [7, 11) is 1.64. The quantitative estimate of drug-likeness (QED) is 0.761. The molecule has 0 radical (unpaired) electrons. The van der Waals surface area contributed by atoms with Crippen LogP contribution in [-0.2, 0) is 6.42 Å². The van der Waals surface area contributed by atoms with Crippen LogP contribution in [0.15, 0.2) is 54.9 Å². The molecule has 1 aromatic heterocycles. The summed E-state index contributed by atoms with van der Waals surface area (Å²) in [5.74, 6) is 2.02. The second-order valence-electron chi connectivity index (χ2n) is 5.82. The Kier molecular flexibility index (Phi) is 3.85. The number of nitrogen functional groups attached to an aromatic ring is 1. The van der Waals surface area contributed by atoms with Gasteiger partial charge in [-0.25, -0.2) is 9.97 Å². The zero-order valence-corrected chi connectivity index (χ0v) is 13.9. The lowest BCUT2D eigenvalue weighted by Crippen LogP contribution is -2.17. The smallest absolute Gasteiger partial charge is 0.161 e. The van der Waals surface area contributed by atoms with Crippen molar-refractivity contribution < 1.29 is 4.74 Å². The average molecular weight is 333 g/mol. The van der Waals surface area contributed by atoms with Gasteiger partial charge in [-0.2, -0.15) is 0 Å². The first-order chi connectivity index (χ1) is 12.3. The Bertz CT molecular complexity index is 912. The van der Waals surface area contributed by atoms with E-state index in [9.17, 15) is 0 Å². The van der Waals surface area contributed by atoms with E-state index in [-0.39, 0.29) is 0 Å². The lowest BCUT2D eigenvalue weighted by molar-refractivity contribution is 0.417. The van der Waals surface area contributed by atoms with Crippen molar-refractivity contribution >= 4 is 28.7 Å². The zero-order valence-electron chi connectivity index (χ0n) is 13.9. The summed E-state index contributed by atoms with van der Waals surface area (Å²) < 4.78 is 5.38. The Hall–Kier alpha value is -3.28. The molecule has 2 aromatic carbocycles. The Morgan fingerprint density at radius 1 is 1.08 bits per heavy atom. The molecular weight excluding hydrogens is 314 g/mol. The van der Waals surface area contributed by atoms with E-state index in [4.69, 9.17) is 10.5 Å². The van der Waals surface area contributed by atoms with Gasteiger partial charge < -0.3 is 20.7 Å². The number of nitrogens with one attached hydrogen (secondary N) is 1. The van der Waals surface area contributed by atoms with E-state index in [1.165, 1.54) is 11.9 Å². The van der Waals surface area contributed by atoms with Crippen LogP contribution in [0.1, 0.15) is 5.56 Å². The zero-order chi connectivity index (χ0) is 17.2. The fourth-order valence-corrected chi connectivity index (χ4v) is 3.13. The summed E-state index contributed by atoms with van der Waals surface area (Å²) >= 11 is 0.